The predicted octanol–water partition coefficient (Wildman–Crippen LogP) is 3.36. The molecule has 2 aromatic rings. The van der Waals surface area contributed by atoms with Gasteiger partial charge >= 0.3 is 0 Å². The summed E-state index contributed by atoms with van der Waals surface area (Å²) in [7, 11) is 0. The van der Waals surface area contributed by atoms with Gasteiger partial charge in [-0.3, -0.25) is 0 Å². The highest BCUT2D eigenvalue weighted by Crippen LogP contribution is 2.15. The Labute approximate surface area is 120 Å². The Bertz CT molecular complexity index is 557. The van der Waals surface area contributed by atoms with Crippen molar-refractivity contribution in [2.45, 2.75) is 33.3 Å². The number of benzene rings is 1. The molecule has 0 bridgehead atoms. The van der Waals surface area contributed by atoms with E-state index in [-0.39, 0.29) is 6.10 Å². The zero-order valence-electron chi connectivity index (χ0n) is 12.3. The van der Waals surface area contributed by atoms with Crippen molar-refractivity contribution in [1.29, 1.82) is 0 Å². The number of hydrogen-bond acceptors (Lipinski definition) is 4. The van der Waals surface area contributed by atoms with Gasteiger partial charge in [-0.05, 0) is 44.0 Å². The van der Waals surface area contributed by atoms with Crippen LogP contribution in [-0.4, -0.2) is 22.6 Å². The van der Waals surface area contributed by atoms with E-state index in [0.29, 0.717) is 12.5 Å². The zero-order valence-corrected chi connectivity index (χ0v) is 12.3. The molecule has 0 saturated carbocycles. The number of aromatic nitrogens is 2. The van der Waals surface area contributed by atoms with E-state index in [1.165, 1.54) is 5.56 Å². The number of hydrogen-bond donors (Lipinski definition) is 1. The van der Waals surface area contributed by atoms with Crippen LogP contribution in [0.25, 0.3) is 0 Å². The van der Waals surface area contributed by atoms with Crippen LogP contribution in [0.3, 0.4) is 0 Å². The monoisotopic (exact) mass is 271 g/mol. The molecule has 1 heterocycles. The molecule has 0 amide bonds. The molecule has 0 spiro atoms. The van der Waals surface area contributed by atoms with Gasteiger partial charge in [0.1, 0.15) is 11.9 Å². The molecular weight excluding hydrogens is 250 g/mol. The molecule has 0 aliphatic carbocycles. The van der Waals surface area contributed by atoms with E-state index in [1.807, 2.05) is 31.2 Å². The molecule has 106 valence electrons. The molecule has 0 fully saturated rings. The van der Waals surface area contributed by atoms with Gasteiger partial charge in [-0.2, -0.15) is 0 Å². The van der Waals surface area contributed by atoms with Crippen LogP contribution < -0.4 is 10.1 Å². The normalized spacial score (nSPS) is 11.9. The SMILES string of the molecule is CCC(CNc1nccc(C)n1)Oc1cccc(C)c1. The summed E-state index contributed by atoms with van der Waals surface area (Å²) < 4.78 is 5.98. The topological polar surface area (TPSA) is 47.0 Å². The summed E-state index contributed by atoms with van der Waals surface area (Å²) in [4.78, 5) is 8.51. The third-order valence-corrected chi connectivity index (χ3v) is 3.03. The lowest BCUT2D eigenvalue weighted by molar-refractivity contribution is 0.209. The van der Waals surface area contributed by atoms with Crippen LogP contribution in [-0.2, 0) is 0 Å². The zero-order chi connectivity index (χ0) is 14.4. The molecule has 0 radical (unpaired) electrons. The van der Waals surface area contributed by atoms with E-state index >= 15 is 0 Å². The summed E-state index contributed by atoms with van der Waals surface area (Å²) in [5.41, 5.74) is 2.16. The van der Waals surface area contributed by atoms with Gasteiger partial charge < -0.3 is 10.1 Å². The lowest BCUT2D eigenvalue weighted by atomic mass is 10.2. The summed E-state index contributed by atoms with van der Waals surface area (Å²) >= 11 is 0. The largest absolute Gasteiger partial charge is 0.489 e. The molecule has 1 aromatic heterocycles. The van der Waals surface area contributed by atoms with Crippen molar-refractivity contribution < 1.29 is 4.74 Å². The van der Waals surface area contributed by atoms with Gasteiger partial charge in [0.2, 0.25) is 5.95 Å². The van der Waals surface area contributed by atoms with E-state index < -0.39 is 0 Å². The number of rotatable bonds is 6. The summed E-state index contributed by atoms with van der Waals surface area (Å²) in [5, 5.41) is 3.22. The van der Waals surface area contributed by atoms with Gasteiger partial charge in [0.15, 0.2) is 0 Å². The molecule has 0 saturated heterocycles. The Morgan fingerprint density at radius 1 is 1.25 bits per heavy atom. The van der Waals surface area contributed by atoms with Crippen molar-refractivity contribution in [2.24, 2.45) is 0 Å². The number of anilines is 1. The Morgan fingerprint density at radius 2 is 2.10 bits per heavy atom. The molecule has 4 heteroatoms. The van der Waals surface area contributed by atoms with E-state index in [9.17, 15) is 0 Å². The van der Waals surface area contributed by atoms with Gasteiger partial charge in [-0.1, -0.05) is 19.1 Å². The molecular formula is C16H21N3O. The van der Waals surface area contributed by atoms with Crippen LogP contribution in [0.4, 0.5) is 5.95 Å². The highest BCUT2D eigenvalue weighted by atomic mass is 16.5. The number of nitrogens with one attached hydrogen (secondary N) is 1. The Hall–Kier alpha value is -2.10. The summed E-state index contributed by atoms with van der Waals surface area (Å²) in [6.45, 7) is 6.81. The van der Waals surface area contributed by atoms with Gasteiger partial charge in [0, 0.05) is 11.9 Å². The fourth-order valence-electron chi connectivity index (χ4n) is 1.89. The number of nitrogens with zero attached hydrogens (tertiary/aromatic N) is 2. The molecule has 0 aliphatic heterocycles. The molecule has 20 heavy (non-hydrogen) atoms. The molecule has 1 atom stereocenters. The molecule has 1 aromatic carbocycles. The van der Waals surface area contributed by atoms with Gasteiger partial charge in [0.25, 0.3) is 0 Å². The quantitative estimate of drug-likeness (QED) is 0.875. The highest BCUT2D eigenvalue weighted by molar-refractivity contribution is 5.28. The van der Waals surface area contributed by atoms with Crippen LogP contribution >= 0.6 is 0 Å². The molecule has 4 nitrogen and oxygen atoms in total. The highest BCUT2D eigenvalue weighted by Gasteiger charge is 2.09. The van der Waals surface area contributed by atoms with Gasteiger partial charge in [0.05, 0.1) is 6.54 Å². The van der Waals surface area contributed by atoms with E-state index in [0.717, 1.165) is 17.9 Å². The lowest BCUT2D eigenvalue weighted by Gasteiger charge is -2.18. The Balaban J connectivity index is 1.92. The van der Waals surface area contributed by atoms with Crippen molar-refractivity contribution >= 4 is 5.95 Å². The third kappa shape index (κ3) is 4.23. The fraction of sp³-hybridized carbons (Fsp3) is 0.375. The summed E-state index contributed by atoms with van der Waals surface area (Å²) in [6.07, 6.45) is 2.78. The second kappa shape index (κ2) is 6.89. The lowest BCUT2D eigenvalue weighted by Crippen LogP contribution is -2.26. The summed E-state index contributed by atoms with van der Waals surface area (Å²) in [5.74, 6) is 1.56. The maximum Gasteiger partial charge on any atom is 0.222 e. The van der Waals surface area contributed by atoms with Crippen molar-refractivity contribution in [3.63, 3.8) is 0 Å². The molecule has 0 aliphatic rings. The average Bonchev–Trinajstić information content (AvgIpc) is 2.43. The average molecular weight is 271 g/mol. The van der Waals surface area contributed by atoms with Gasteiger partial charge in [-0.25, -0.2) is 9.97 Å². The third-order valence-electron chi connectivity index (χ3n) is 3.03. The minimum Gasteiger partial charge on any atom is -0.489 e. The van der Waals surface area contributed by atoms with Crippen LogP contribution in [0.2, 0.25) is 0 Å². The van der Waals surface area contributed by atoms with Crippen LogP contribution in [0.1, 0.15) is 24.6 Å². The fourth-order valence-corrected chi connectivity index (χ4v) is 1.89. The van der Waals surface area contributed by atoms with Crippen molar-refractivity contribution in [3.8, 4) is 5.75 Å². The first-order valence-corrected chi connectivity index (χ1v) is 6.94. The minimum absolute atomic E-state index is 0.0981. The van der Waals surface area contributed by atoms with E-state index in [2.05, 4.69) is 35.2 Å². The van der Waals surface area contributed by atoms with Crippen molar-refractivity contribution in [3.05, 3.63) is 47.8 Å². The Kier molecular flexibility index (Phi) is 4.93. The van der Waals surface area contributed by atoms with Crippen molar-refractivity contribution in [1.82, 2.24) is 9.97 Å². The van der Waals surface area contributed by atoms with Crippen LogP contribution in [0, 0.1) is 13.8 Å². The van der Waals surface area contributed by atoms with Crippen LogP contribution in [0.15, 0.2) is 36.5 Å². The number of ether oxygens (including phenoxy) is 1. The smallest absolute Gasteiger partial charge is 0.222 e. The van der Waals surface area contributed by atoms with E-state index in [1.54, 1.807) is 6.20 Å². The summed E-state index contributed by atoms with van der Waals surface area (Å²) in [6, 6.07) is 9.98. The first-order valence-electron chi connectivity index (χ1n) is 6.94. The van der Waals surface area contributed by atoms with Gasteiger partial charge in [-0.15, -0.1) is 0 Å². The molecule has 2 rings (SSSR count). The standard InChI is InChI=1S/C16H21N3O/c1-4-14(20-15-7-5-6-12(2)10-15)11-18-16-17-9-8-13(3)19-16/h5-10,14H,4,11H2,1-3H3,(H,17,18,19). The predicted molar refractivity (Wildman–Crippen MR) is 81.1 cm³/mol. The van der Waals surface area contributed by atoms with Crippen molar-refractivity contribution in [2.75, 3.05) is 11.9 Å². The minimum atomic E-state index is 0.0981. The first-order chi connectivity index (χ1) is 9.67. The maximum atomic E-state index is 5.98. The second-order valence-electron chi connectivity index (χ2n) is 4.87. The number of aryl methyl sites for hydroxylation is 2. The second-order valence-corrected chi connectivity index (χ2v) is 4.87. The molecule has 1 unspecified atom stereocenters. The molecule has 1 N–H and O–H groups in total. The van der Waals surface area contributed by atoms with Crippen LogP contribution in [0.5, 0.6) is 5.75 Å². The maximum absolute atomic E-state index is 5.98. The Morgan fingerprint density at radius 3 is 2.80 bits per heavy atom. The first kappa shape index (κ1) is 14.3. The van der Waals surface area contributed by atoms with E-state index in [4.69, 9.17) is 4.74 Å².